The van der Waals surface area contributed by atoms with Gasteiger partial charge in [0.2, 0.25) is 0 Å². The van der Waals surface area contributed by atoms with Crippen LogP contribution >= 0.6 is 12.0 Å². The average molecular weight is 480 g/mol. The van der Waals surface area contributed by atoms with Crippen LogP contribution in [0.1, 0.15) is 56.5 Å². The molecule has 2 saturated heterocycles. The summed E-state index contributed by atoms with van der Waals surface area (Å²) in [6.07, 6.45) is 3.84. The molecule has 1 aromatic heterocycles. The Morgan fingerprint density at radius 3 is 2.67 bits per heavy atom. The van der Waals surface area contributed by atoms with Crippen LogP contribution in [0, 0.1) is 5.82 Å². The molecule has 2 aromatic rings. The molecule has 0 saturated carbocycles. The molecule has 8 nitrogen and oxygen atoms in total. The predicted octanol–water partition coefficient (Wildman–Crippen LogP) is 5.12. The van der Waals surface area contributed by atoms with Crippen molar-refractivity contribution < 1.29 is 27.6 Å². The lowest BCUT2D eigenvalue weighted by molar-refractivity contribution is -0.160. The molecule has 4 rings (SSSR count). The van der Waals surface area contributed by atoms with Crippen molar-refractivity contribution in [1.29, 1.82) is 0 Å². The maximum atomic E-state index is 14.6. The molecule has 2 aliphatic rings. The van der Waals surface area contributed by atoms with Crippen molar-refractivity contribution >= 4 is 23.8 Å². The first-order valence-corrected chi connectivity index (χ1v) is 12.0. The second kappa shape index (κ2) is 10.8. The van der Waals surface area contributed by atoms with Crippen molar-refractivity contribution in [3.05, 3.63) is 41.9 Å². The zero-order valence-electron chi connectivity index (χ0n) is 19.2. The molecular formula is C23H30FN3O5S. The number of likely N-dealkylation sites (tertiary alicyclic amines) is 1. The van der Waals surface area contributed by atoms with E-state index in [1.165, 1.54) is 13.2 Å². The van der Waals surface area contributed by atoms with Crippen LogP contribution in [0.25, 0.3) is 0 Å². The largest absolute Gasteiger partial charge is 0.448 e. The van der Waals surface area contributed by atoms with Crippen LogP contribution in [0.2, 0.25) is 0 Å². The summed E-state index contributed by atoms with van der Waals surface area (Å²) in [4.78, 5) is 25.8. The Morgan fingerprint density at radius 1 is 1.21 bits per heavy atom. The summed E-state index contributed by atoms with van der Waals surface area (Å²) in [5, 5.41) is 0. The maximum absolute atomic E-state index is 14.6. The molecule has 33 heavy (non-hydrogen) atoms. The molecule has 0 bridgehead atoms. The van der Waals surface area contributed by atoms with Crippen molar-refractivity contribution in [2.45, 2.75) is 55.9 Å². The minimum absolute atomic E-state index is 0.120. The monoisotopic (exact) mass is 479 g/mol. The van der Waals surface area contributed by atoms with Gasteiger partial charge >= 0.3 is 6.09 Å². The maximum Gasteiger partial charge on any atom is 0.410 e. The van der Waals surface area contributed by atoms with Crippen molar-refractivity contribution in [2.24, 2.45) is 0 Å². The first kappa shape index (κ1) is 23.8. The summed E-state index contributed by atoms with van der Waals surface area (Å²) in [5.41, 5.74) is 1.49. The Hall–Kier alpha value is -2.30. The fourth-order valence-corrected chi connectivity index (χ4v) is 4.77. The first-order valence-electron chi connectivity index (χ1n) is 11.3. The van der Waals surface area contributed by atoms with E-state index in [0.29, 0.717) is 30.2 Å². The molecule has 180 valence electrons. The van der Waals surface area contributed by atoms with Gasteiger partial charge in [0, 0.05) is 42.9 Å². The predicted molar refractivity (Wildman–Crippen MR) is 122 cm³/mol. The molecule has 3 heterocycles. The molecular weight excluding hydrogens is 449 g/mol. The quantitative estimate of drug-likeness (QED) is 0.308. The van der Waals surface area contributed by atoms with Gasteiger partial charge in [-0.05, 0) is 51.3 Å². The van der Waals surface area contributed by atoms with Crippen LogP contribution in [0.15, 0.2) is 33.8 Å². The van der Waals surface area contributed by atoms with Crippen LogP contribution < -0.4 is 4.90 Å². The number of anilines is 1. The molecule has 10 heteroatoms. The van der Waals surface area contributed by atoms with E-state index in [-0.39, 0.29) is 29.9 Å². The number of rotatable bonds is 7. The molecule has 1 amide bonds. The number of benzene rings is 1. The van der Waals surface area contributed by atoms with Crippen LogP contribution in [0.5, 0.6) is 0 Å². The van der Waals surface area contributed by atoms with Crippen molar-refractivity contribution in [2.75, 3.05) is 38.2 Å². The third kappa shape index (κ3) is 5.80. The average Bonchev–Trinajstić information content (AvgIpc) is 3.47. The van der Waals surface area contributed by atoms with E-state index in [1.807, 2.05) is 24.8 Å². The van der Waals surface area contributed by atoms with Crippen molar-refractivity contribution in [3.8, 4) is 0 Å². The number of oxazole rings is 1. The summed E-state index contributed by atoms with van der Waals surface area (Å²) in [6.45, 7) is 6.40. The number of carbonyl (C=O) groups is 1. The molecule has 0 aliphatic carbocycles. The second-order valence-corrected chi connectivity index (χ2v) is 9.44. The second-order valence-electron chi connectivity index (χ2n) is 8.67. The summed E-state index contributed by atoms with van der Waals surface area (Å²) < 4.78 is 30.5. The minimum Gasteiger partial charge on any atom is -0.448 e. The smallest absolute Gasteiger partial charge is 0.410 e. The number of piperidine rings is 1. The fraction of sp³-hybridized carbons (Fsp3) is 0.565. The van der Waals surface area contributed by atoms with E-state index in [4.69, 9.17) is 18.5 Å². The summed E-state index contributed by atoms with van der Waals surface area (Å²) in [5.74, 6) is 0.819. The number of hydrogen-bond donors (Lipinski definition) is 0. The zero-order valence-corrected chi connectivity index (χ0v) is 20.0. The lowest BCUT2D eigenvalue weighted by atomic mass is 9.97. The molecule has 0 N–H and O–H groups in total. The van der Waals surface area contributed by atoms with Crippen molar-refractivity contribution in [1.82, 2.24) is 9.88 Å². The highest BCUT2D eigenvalue weighted by molar-refractivity contribution is 7.94. The van der Waals surface area contributed by atoms with Gasteiger partial charge in [-0.1, -0.05) is 0 Å². The Kier molecular flexibility index (Phi) is 7.77. The van der Waals surface area contributed by atoms with E-state index in [0.717, 1.165) is 49.4 Å². The van der Waals surface area contributed by atoms with E-state index >= 15 is 0 Å². The molecule has 2 aliphatic heterocycles. The Bertz CT molecular complexity index is 948. The standard InChI is InChI=1S/C23H30FN3O5S/c1-15(2)31-23(28)26-9-6-16(7-10-26)22-25-20(14-30-22)17-8-11-27(13-17)21-5-4-18(12-19(21)24)33-32-29-3/h4-5,12,14-17H,6-11,13H2,1-3H3/t17-/m0/s1. The number of halogens is 1. The number of aromatic nitrogens is 1. The van der Waals surface area contributed by atoms with Crippen molar-refractivity contribution in [3.63, 3.8) is 0 Å². The molecule has 0 spiro atoms. The first-order chi connectivity index (χ1) is 15.9. The van der Waals surface area contributed by atoms with Gasteiger partial charge in [-0.25, -0.2) is 19.1 Å². The fourth-order valence-electron chi connectivity index (χ4n) is 4.35. The van der Waals surface area contributed by atoms with Gasteiger partial charge in [-0.2, -0.15) is 4.33 Å². The third-order valence-corrected chi connectivity index (χ3v) is 6.69. The van der Waals surface area contributed by atoms with Gasteiger partial charge in [0.25, 0.3) is 0 Å². The molecule has 1 aromatic carbocycles. The van der Waals surface area contributed by atoms with Gasteiger partial charge in [0.05, 0.1) is 36.6 Å². The molecule has 1 atom stereocenters. The molecule has 0 radical (unpaired) electrons. The Labute approximate surface area is 197 Å². The highest BCUT2D eigenvalue weighted by atomic mass is 32.2. The van der Waals surface area contributed by atoms with Crippen LogP contribution in [-0.2, 0) is 14.0 Å². The lowest BCUT2D eigenvalue weighted by Gasteiger charge is -2.30. The van der Waals surface area contributed by atoms with Gasteiger partial charge < -0.3 is 19.0 Å². The van der Waals surface area contributed by atoms with Crippen LogP contribution in [0.3, 0.4) is 0 Å². The van der Waals surface area contributed by atoms with Gasteiger partial charge in [0.15, 0.2) is 5.89 Å². The van der Waals surface area contributed by atoms with E-state index in [9.17, 15) is 9.18 Å². The Balaban J connectivity index is 1.32. The van der Waals surface area contributed by atoms with Crippen LogP contribution in [-0.4, -0.2) is 55.4 Å². The normalized spacial score (nSPS) is 19.5. The number of amides is 1. The van der Waals surface area contributed by atoms with Gasteiger partial charge in [0.1, 0.15) is 12.1 Å². The highest BCUT2D eigenvalue weighted by Gasteiger charge is 2.31. The lowest BCUT2D eigenvalue weighted by Crippen LogP contribution is -2.39. The summed E-state index contributed by atoms with van der Waals surface area (Å²) in [6, 6.07) is 5.03. The van der Waals surface area contributed by atoms with E-state index < -0.39 is 0 Å². The molecule has 2 fully saturated rings. The molecule has 0 unspecified atom stereocenters. The SMILES string of the molecule is COOSc1ccc(N2CC[C@H](c3coc(C4CCN(C(=O)OC(C)C)CC4)n3)C2)c(F)c1. The third-order valence-electron chi connectivity index (χ3n) is 6.04. The topological polar surface area (TPSA) is 77.3 Å². The number of carbonyl (C=O) groups excluding carboxylic acids is 1. The minimum atomic E-state index is -0.288. The van der Waals surface area contributed by atoms with E-state index in [2.05, 4.69) is 4.89 Å². The van der Waals surface area contributed by atoms with Gasteiger partial charge in [-0.15, -0.1) is 0 Å². The summed E-state index contributed by atoms with van der Waals surface area (Å²) in [7, 11) is 1.41. The number of hydrogen-bond acceptors (Lipinski definition) is 8. The number of ether oxygens (including phenoxy) is 1. The number of nitrogens with zero attached hydrogens (tertiary/aromatic N) is 3. The van der Waals surface area contributed by atoms with E-state index in [1.54, 1.807) is 17.2 Å². The van der Waals surface area contributed by atoms with Gasteiger partial charge in [-0.3, -0.25) is 0 Å². The van der Waals surface area contributed by atoms with Crippen LogP contribution in [0.4, 0.5) is 14.9 Å². The highest BCUT2D eigenvalue weighted by Crippen LogP contribution is 2.35. The zero-order chi connectivity index (χ0) is 23.4. The Morgan fingerprint density at radius 2 is 1.97 bits per heavy atom. The summed E-state index contributed by atoms with van der Waals surface area (Å²) >= 11 is 0.972.